The molecule has 25 heavy (non-hydrogen) atoms. The SMILES string of the molecule is Cc1c(C2=NS(=O)(=O)c3ccccc32)c2ccccc2n1CC(=O)O. The van der Waals surface area contributed by atoms with Crippen LogP contribution in [0.2, 0.25) is 0 Å². The lowest BCUT2D eigenvalue weighted by molar-refractivity contribution is -0.137. The van der Waals surface area contributed by atoms with Crippen molar-refractivity contribution >= 4 is 32.6 Å². The fourth-order valence-corrected chi connectivity index (χ4v) is 4.58. The average Bonchev–Trinajstić information content (AvgIpc) is 3.00. The van der Waals surface area contributed by atoms with Crippen molar-refractivity contribution in [2.45, 2.75) is 18.4 Å². The molecule has 0 radical (unpaired) electrons. The second-order valence-electron chi connectivity index (χ2n) is 5.87. The first-order valence-electron chi connectivity index (χ1n) is 7.64. The summed E-state index contributed by atoms with van der Waals surface area (Å²) in [6.45, 7) is 1.59. The lowest BCUT2D eigenvalue weighted by Gasteiger charge is -2.06. The number of benzene rings is 2. The smallest absolute Gasteiger partial charge is 0.323 e. The zero-order chi connectivity index (χ0) is 17.8. The van der Waals surface area contributed by atoms with Crippen LogP contribution in [-0.4, -0.2) is 29.8 Å². The zero-order valence-corrected chi connectivity index (χ0v) is 14.1. The molecule has 2 heterocycles. The summed E-state index contributed by atoms with van der Waals surface area (Å²) < 4.78 is 30.4. The van der Waals surface area contributed by atoms with Gasteiger partial charge < -0.3 is 9.67 Å². The molecule has 0 bridgehead atoms. The number of hydrogen-bond donors (Lipinski definition) is 1. The lowest BCUT2D eigenvalue weighted by Crippen LogP contribution is -2.11. The Morgan fingerprint density at radius 1 is 1.12 bits per heavy atom. The van der Waals surface area contributed by atoms with Gasteiger partial charge in [0.2, 0.25) is 0 Å². The molecule has 0 saturated carbocycles. The highest BCUT2D eigenvalue weighted by Gasteiger charge is 2.32. The van der Waals surface area contributed by atoms with Gasteiger partial charge in [-0.3, -0.25) is 4.79 Å². The summed E-state index contributed by atoms with van der Waals surface area (Å²) in [4.78, 5) is 11.4. The minimum absolute atomic E-state index is 0.180. The first kappa shape index (κ1) is 15.6. The lowest BCUT2D eigenvalue weighted by atomic mass is 10.00. The first-order valence-corrected chi connectivity index (χ1v) is 9.08. The molecule has 0 unspecified atom stereocenters. The Morgan fingerprint density at radius 3 is 2.56 bits per heavy atom. The Hall–Kier alpha value is -2.93. The fraction of sp³-hybridized carbons (Fsp3) is 0.111. The van der Waals surface area contributed by atoms with E-state index in [1.165, 1.54) is 6.07 Å². The van der Waals surface area contributed by atoms with Crippen LogP contribution < -0.4 is 0 Å². The molecule has 1 aliphatic rings. The molecule has 1 aliphatic heterocycles. The van der Waals surface area contributed by atoms with Crippen LogP contribution in [0.5, 0.6) is 0 Å². The summed E-state index contributed by atoms with van der Waals surface area (Å²) in [5.74, 6) is -0.961. The number of aromatic nitrogens is 1. The van der Waals surface area contributed by atoms with E-state index in [0.29, 0.717) is 22.5 Å². The van der Waals surface area contributed by atoms with E-state index in [1.807, 2.05) is 24.3 Å². The molecule has 0 spiro atoms. The van der Waals surface area contributed by atoms with Crippen molar-refractivity contribution < 1.29 is 18.3 Å². The standard InChI is InChI=1S/C18H14N2O4S/c1-11-17(12-6-2-4-8-14(12)20(11)10-16(21)22)18-13-7-3-5-9-15(13)25(23,24)19-18/h2-9H,10H2,1H3,(H,21,22). The zero-order valence-electron chi connectivity index (χ0n) is 13.3. The van der Waals surface area contributed by atoms with Crippen molar-refractivity contribution in [2.24, 2.45) is 4.40 Å². The molecule has 0 saturated heterocycles. The van der Waals surface area contributed by atoms with Crippen molar-refractivity contribution in [2.75, 3.05) is 0 Å². The number of aliphatic carboxylic acids is 1. The minimum atomic E-state index is -3.74. The Kier molecular flexibility index (Phi) is 3.30. The van der Waals surface area contributed by atoms with Crippen molar-refractivity contribution in [1.29, 1.82) is 0 Å². The maximum Gasteiger partial charge on any atom is 0.323 e. The highest BCUT2D eigenvalue weighted by molar-refractivity contribution is 7.90. The molecule has 0 atom stereocenters. The van der Waals surface area contributed by atoms with E-state index in [2.05, 4.69) is 4.40 Å². The topological polar surface area (TPSA) is 88.7 Å². The molecule has 4 rings (SSSR count). The number of para-hydroxylation sites is 1. The number of rotatable bonds is 3. The quantitative estimate of drug-likeness (QED) is 0.783. The highest BCUT2D eigenvalue weighted by atomic mass is 32.2. The summed E-state index contributed by atoms with van der Waals surface area (Å²) in [6, 6.07) is 14.0. The van der Waals surface area contributed by atoms with E-state index in [1.54, 1.807) is 29.7 Å². The summed E-state index contributed by atoms with van der Waals surface area (Å²) in [5, 5.41) is 10.0. The summed E-state index contributed by atoms with van der Waals surface area (Å²) >= 11 is 0. The molecule has 0 fully saturated rings. The third kappa shape index (κ3) is 2.27. The molecule has 0 aliphatic carbocycles. The number of sulfonamides is 1. The van der Waals surface area contributed by atoms with Crippen LogP contribution in [0.3, 0.4) is 0 Å². The Labute approximate surface area is 144 Å². The summed E-state index contributed by atoms with van der Waals surface area (Å²) in [6.07, 6.45) is 0. The predicted molar refractivity (Wildman–Crippen MR) is 93.6 cm³/mol. The van der Waals surface area contributed by atoms with Crippen LogP contribution in [0, 0.1) is 6.92 Å². The van der Waals surface area contributed by atoms with E-state index >= 15 is 0 Å². The van der Waals surface area contributed by atoms with E-state index < -0.39 is 16.0 Å². The molecule has 2 aromatic carbocycles. The Bertz CT molecular complexity index is 1170. The third-order valence-electron chi connectivity index (χ3n) is 4.39. The van der Waals surface area contributed by atoms with Crippen LogP contribution in [0.15, 0.2) is 57.8 Å². The van der Waals surface area contributed by atoms with Gasteiger partial charge in [-0.15, -0.1) is 0 Å². The highest BCUT2D eigenvalue weighted by Crippen LogP contribution is 2.34. The number of hydrogen-bond acceptors (Lipinski definition) is 3. The molecule has 0 amide bonds. The van der Waals surface area contributed by atoms with Gasteiger partial charge in [0, 0.05) is 27.7 Å². The molecule has 7 heteroatoms. The van der Waals surface area contributed by atoms with E-state index in [0.717, 1.165) is 10.9 Å². The third-order valence-corrected chi connectivity index (χ3v) is 5.73. The van der Waals surface area contributed by atoms with Crippen LogP contribution in [0.4, 0.5) is 0 Å². The van der Waals surface area contributed by atoms with Crippen LogP contribution in [0.25, 0.3) is 10.9 Å². The van der Waals surface area contributed by atoms with Crippen LogP contribution in [-0.2, 0) is 21.4 Å². The van der Waals surface area contributed by atoms with E-state index in [4.69, 9.17) is 0 Å². The van der Waals surface area contributed by atoms with Crippen LogP contribution >= 0.6 is 0 Å². The normalized spacial score (nSPS) is 15.2. The van der Waals surface area contributed by atoms with Gasteiger partial charge in [0.1, 0.15) is 6.54 Å². The van der Waals surface area contributed by atoms with Gasteiger partial charge in [0.15, 0.2) is 0 Å². The fourth-order valence-electron chi connectivity index (χ4n) is 3.35. The molecule has 1 aromatic heterocycles. The van der Waals surface area contributed by atoms with Gasteiger partial charge in [-0.1, -0.05) is 36.4 Å². The molecular formula is C18H14N2O4S. The largest absolute Gasteiger partial charge is 0.480 e. The number of fused-ring (bicyclic) bond motifs is 2. The average molecular weight is 354 g/mol. The van der Waals surface area contributed by atoms with Gasteiger partial charge in [0.05, 0.1) is 10.6 Å². The van der Waals surface area contributed by atoms with E-state index in [9.17, 15) is 18.3 Å². The number of carboxylic acid groups (broad SMARTS) is 1. The Balaban J connectivity index is 2.07. The second kappa shape index (κ2) is 5.29. The van der Waals surface area contributed by atoms with Crippen molar-refractivity contribution in [3.63, 3.8) is 0 Å². The van der Waals surface area contributed by atoms with Gasteiger partial charge in [-0.25, -0.2) is 0 Å². The summed E-state index contributed by atoms with van der Waals surface area (Å²) in [5.41, 5.74) is 2.98. The van der Waals surface area contributed by atoms with Gasteiger partial charge in [0.25, 0.3) is 10.0 Å². The summed E-state index contributed by atoms with van der Waals surface area (Å²) in [7, 11) is -3.74. The monoisotopic (exact) mass is 354 g/mol. The maximum absolute atomic E-state index is 12.4. The van der Waals surface area contributed by atoms with Gasteiger partial charge in [-0.05, 0) is 19.1 Å². The van der Waals surface area contributed by atoms with E-state index in [-0.39, 0.29) is 11.4 Å². The molecule has 6 nitrogen and oxygen atoms in total. The number of carbonyl (C=O) groups is 1. The molecule has 126 valence electrons. The van der Waals surface area contributed by atoms with Crippen molar-refractivity contribution in [3.8, 4) is 0 Å². The minimum Gasteiger partial charge on any atom is -0.480 e. The second-order valence-corrected chi connectivity index (χ2v) is 7.44. The van der Waals surface area contributed by atoms with Crippen molar-refractivity contribution in [3.05, 3.63) is 65.4 Å². The first-order chi connectivity index (χ1) is 11.9. The maximum atomic E-state index is 12.4. The van der Waals surface area contributed by atoms with Crippen molar-refractivity contribution in [1.82, 2.24) is 4.57 Å². The molecule has 1 N–H and O–H groups in total. The van der Waals surface area contributed by atoms with Gasteiger partial charge >= 0.3 is 5.97 Å². The number of nitrogens with zero attached hydrogens (tertiary/aromatic N) is 2. The predicted octanol–water partition coefficient (Wildman–Crippen LogP) is 2.57. The van der Waals surface area contributed by atoms with Gasteiger partial charge in [-0.2, -0.15) is 12.8 Å². The number of carboxylic acids is 1. The molecular weight excluding hydrogens is 340 g/mol. The Morgan fingerprint density at radius 2 is 1.80 bits per heavy atom. The van der Waals surface area contributed by atoms with Crippen LogP contribution in [0.1, 0.15) is 16.8 Å². The molecule has 3 aromatic rings.